The third-order valence-electron chi connectivity index (χ3n) is 3.71. The Morgan fingerprint density at radius 3 is 2.87 bits per heavy atom. The monoisotopic (exact) mass is 309 g/mol. The summed E-state index contributed by atoms with van der Waals surface area (Å²) in [4.78, 5) is 11.6. The summed E-state index contributed by atoms with van der Waals surface area (Å²) >= 11 is 0. The number of carbonyl (C=O) groups excluding carboxylic acids is 1. The van der Waals surface area contributed by atoms with Gasteiger partial charge in [0, 0.05) is 5.56 Å². The van der Waals surface area contributed by atoms with Gasteiger partial charge in [-0.25, -0.2) is 0 Å². The van der Waals surface area contributed by atoms with Crippen molar-refractivity contribution in [2.24, 2.45) is 5.73 Å². The third kappa shape index (κ3) is 3.34. The van der Waals surface area contributed by atoms with E-state index in [0.29, 0.717) is 25.3 Å². The fourth-order valence-electron chi connectivity index (χ4n) is 2.64. The molecule has 0 atom stereocenters. The fraction of sp³-hybridized carbons (Fsp3) is 0.222. The van der Waals surface area contributed by atoms with Crippen LogP contribution >= 0.6 is 0 Å². The van der Waals surface area contributed by atoms with E-state index >= 15 is 0 Å². The first-order valence-corrected chi connectivity index (χ1v) is 7.57. The Balaban J connectivity index is 1.82. The Kier molecular flexibility index (Phi) is 4.28. The summed E-state index contributed by atoms with van der Waals surface area (Å²) < 4.78 is 7.52. The van der Waals surface area contributed by atoms with Crippen molar-refractivity contribution in [2.45, 2.75) is 19.9 Å². The van der Waals surface area contributed by atoms with E-state index in [2.05, 4.69) is 5.10 Å². The van der Waals surface area contributed by atoms with Crippen LogP contribution in [-0.2, 0) is 13.0 Å². The Hall–Kier alpha value is -2.82. The van der Waals surface area contributed by atoms with E-state index < -0.39 is 5.91 Å². The molecule has 2 aromatic rings. The van der Waals surface area contributed by atoms with Crippen LogP contribution in [0.4, 0.5) is 0 Å². The number of hydrogen-bond acceptors (Lipinski definition) is 3. The Morgan fingerprint density at radius 1 is 1.35 bits per heavy atom. The molecule has 1 amide bonds. The van der Waals surface area contributed by atoms with Crippen molar-refractivity contribution in [3.8, 4) is 5.75 Å². The van der Waals surface area contributed by atoms with E-state index in [9.17, 15) is 4.79 Å². The number of para-hydroxylation sites is 1. The number of carbonyl (C=O) groups is 1. The highest BCUT2D eigenvalue weighted by atomic mass is 16.5. The Bertz CT molecular complexity index is 773. The molecule has 1 aliphatic carbocycles. The first-order valence-electron chi connectivity index (χ1n) is 7.57. The molecule has 3 rings (SSSR count). The van der Waals surface area contributed by atoms with Crippen molar-refractivity contribution in [1.29, 1.82) is 0 Å². The number of rotatable bonds is 5. The molecule has 0 saturated heterocycles. The molecule has 1 aliphatic rings. The van der Waals surface area contributed by atoms with Gasteiger partial charge in [0.15, 0.2) is 5.69 Å². The van der Waals surface area contributed by atoms with Crippen LogP contribution in [0.2, 0.25) is 0 Å². The lowest BCUT2D eigenvalue weighted by Crippen LogP contribution is -2.15. The first-order chi connectivity index (χ1) is 11.1. The van der Waals surface area contributed by atoms with Crippen LogP contribution in [0.3, 0.4) is 0 Å². The van der Waals surface area contributed by atoms with Gasteiger partial charge in [-0.05, 0) is 37.1 Å². The number of amides is 1. The maximum absolute atomic E-state index is 11.6. The molecular weight excluding hydrogens is 290 g/mol. The van der Waals surface area contributed by atoms with E-state index in [1.807, 2.05) is 55.5 Å². The van der Waals surface area contributed by atoms with Gasteiger partial charge in [0.2, 0.25) is 0 Å². The van der Waals surface area contributed by atoms with Crippen molar-refractivity contribution in [3.63, 3.8) is 0 Å². The summed E-state index contributed by atoms with van der Waals surface area (Å²) in [5.74, 6) is 0.319. The second kappa shape index (κ2) is 6.52. The van der Waals surface area contributed by atoms with Crippen LogP contribution in [0, 0.1) is 0 Å². The van der Waals surface area contributed by atoms with Crippen LogP contribution in [-0.4, -0.2) is 22.3 Å². The van der Waals surface area contributed by atoms with Crippen molar-refractivity contribution in [1.82, 2.24) is 9.78 Å². The zero-order valence-corrected chi connectivity index (χ0v) is 13.0. The minimum Gasteiger partial charge on any atom is -0.492 e. The predicted octanol–water partition coefficient (Wildman–Crippen LogP) is 2.58. The molecule has 0 unspecified atom stereocenters. The molecule has 5 nitrogen and oxygen atoms in total. The molecule has 0 saturated carbocycles. The highest BCUT2D eigenvalue weighted by Crippen LogP contribution is 2.22. The summed E-state index contributed by atoms with van der Waals surface area (Å²) in [5, 5.41) is 4.38. The van der Waals surface area contributed by atoms with Crippen molar-refractivity contribution >= 4 is 12.0 Å². The number of nitrogens with two attached hydrogens (primary N) is 1. The third-order valence-corrected chi connectivity index (χ3v) is 3.71. The number of hydrogen-bond donors (Lipinski definition) is 1. The highest BCUT2D eigenvalue weighted by molar-refractivity contribution is 5.93. The van der Waals surface area contributed by atoms with Crippen molar-refractivity contribution < 1.29 is 9.53 Å². The number of allylic oxidation sites excluding steroid dienone is 3. The number of ether oxygens (including phenoxy) is 1. The van der Waals surface area contributed by atoms with E-state index in [1.54, 1.807) is 4.68 Å². The maximum atomic E-state index is 11.6. The Morgan fingerprint density at radius 2 is 2.13 bits per heavy atom. The van der Waals surface area contributed by atoms with Gasteiger partial charge in [0.25, 0.3) is 5.91 Å². The van der Waals surface area contributed by atoms with Gasteiger partial charge >= 0.3 is 0 Å². The maximum Gasteiger partial charge on any atom is 0.269 e. The van der Waals surface area contributed by atoms with Crippen LogP contribution in [0.25, 0.3) is 6.08 Å². The largest absolute Gasteiger partial charge is 0.492 e. The second-order valence-corrected chi connectivity index (χ2v) is 5.46. The SMILES string of the molecule is CC1=Cc2c(c(C(N)=O)nn2CCOc2ccccc2)CC=C1. The molecule has 23 heavy (non-hydrogen) atoms. The average Bonchev–Trinajstić information content (AvgIpc) is 2.75. The zero-order valence-electron chi connectivity index (χ0n) is 13.0. The normalized spacial score (nSPS) is 13.2. The molecule has 5 heteroatoms. The van der Waals surface area contributed by atoms with Crippen LogP contribution in [0.15, 0.2) is 48.1 Å². The van der Waals surface area contributed by atoms with Crippen LogP contribution in [0.1, 0.15) is 28.7 Å². The fourth-order valence-corrected chi connectivity index (χ4v) is 2.64. The summed E-state index contributed by atoms with van der Waals surface area (Å²) in [5.41, 5.74) is 8.73. The zero-order chi connectivity index (χ0) is 16.2. The lowest BCUT2D eigenvalue weighted by molar-refractivity contribution is 0.0993. The van der Waals surface area contributed by atoms with Gasteiger partial charge in [0.1, 0.15) is 12.4 Å². The summed E-state index contributed by atoms with van der Waals surface area (Å²) in [6.45, 7) is 3.04. The molecular formula is C18H19N3O2. The predicted molar refractivity (Wildman–Crippen MR) is 89.2 cm³/mol. The minimum atomic E-state index is -0.495. The van der Waals surface area contributed by atoms with Crippen molar-refractivity contribution in [2.75, 3.05) is 6.61 Å². The van der Waals surface area contributed by atoms with E-state index in [0.717, 1.165) is 22.6 Å². The average molecular weight is 309 g/mol. The summed E-state index contributed by atoms with van der Waals surface area (Å²) in [7, 11) is 0. The smallest absolute Gasteiger partial charge is 0.269 e. The molecule has 118 valence electrons. The van der Waals surface area contributed by atoms with Crippen molar-refractivity contribution in [3.05, 3.63) is 65.0 Å². The number of primary amides is 1. The van der Waals surface area contributed by atoms with Crippen LogP contribution < -0.4 is 10.5 Å². The van der Waals surface area contributed by atoms with E-state index in [4.69, 9.17) is 10.5 Å². The molecule has 0 radical (unpaired) electrons. The van der Waals surface area contributed by atoms with Gasteiger partial charge in [-0.2, -0.15) is 5.10 Å². The van der Waals surface area contributed by atoms with Crippen LogP contribution in [0.5, 0.6) is 5.75 Å². The first kappa shape index (κ1) is 15.1. The summed E-state index contributed by atoms with van der Waals surface area (Å²) in [6, 6.07) is 9.62. The molecule has 1 heterocycles. The quantitative estimate of drug-likeness (QED) is 0.923. The number of aromatic nitrogens is 2. The van der Waals surface area contributed by atoms with Gasteiger partial charge in [0.05, 0.1) is 12.2 Å². The molecule has 1 aromatic carbocycles. The van der Waals surface area contributed by atoms with Gasteiger partial charge < -0.3 is 10.5 Å². The number of fused-ring (bicyclic) bond motifs is 1. The standard InChI is InChI=1S/C18H19N3O2/c1-13-6-5-9-15-16(12-13)21(20-17(15)18(19)22)10-11-23-14-7-3-2-4-8-14/h2-8,12H,9-11H2,1H3,(H2,19,22). The summed E-state index contributed by atoms with van der Waals surface area (Å²) in [6.07, 6.45) is 6.74. The molecule has 0 bridgehead atoms. The number of benzene rings is 1. The highest BCUT2D eigenvalue weighted by Gasteiger charge is 2.20. The Labute approximate surface area is 135 Å². The number of nitrogens with zero attached hydrogens (tertiary/aromatic N) is 2. The van der Waals surface area contributed by atoms with Gasteiger partial charge in [-0.3, -0.25) is 9.48 Å². The van der Waals surface area contributed by atoms with Gasteiger partial charge in [-0.15, -0.1) is 0 Å². The van der Waals surface area contributed by atoms with E-state index in [-0.39, 0.29) is 0 Å². The second-order valence-electron chi connectivity index (χ2n) is 5.46. The lowest BCUT2D eigenvalue weighted by atomic mass is 10.1. The molecule has 0 aliphatic heterocycles. The van der Waals surface area contributed by atoms with E-state index in [1.165, 1.54) is 0 Å². The molecule has 0 fully saturated rings. The molecule has 0 spiro atoms. The molecule has 2 N–H and O–H groups in total. The lowest BCUT2D eigenvalue weighted by Gasteiger charge is -2.08. The molecule has 1 aromatic heterocycles. The van der Waals surface area contributed by atoms with Gasteiger partial charge in [-0.1, -0.05) is 30.4 Å². The minimum absolute atomic E-state index is 0.343. The topological polar surface area (TPSA) is 70.1 Å².